The molecule has 3 aromatic rings. The van der Waals surface area contributed by atoms with Crippen molar-refractivity contribution in [2.75, 3.05) is 11.4 Å². The van der Waals surface area contributed by atoms with Gasteiger partial charge in [0, 0.05) is 31.5 Å². The molecule has 0 aliphatic carbocycles. The van der Waals surface area contributed by atoms with Crippen LogP contribution >= 0.6 is 0 Å². The van der Waals surface area contributed by atoms with E-state index in [1.165, 1.54) is 11.1 Å². The van der Waals surface area contributed by atoms with Crippen LogP contribution in [0.5, 0.6) is 0 Å². The number of rotatable bonds is 8. The summed E-state index contributed by atoms with van der Waals surface area (Å²) < 4.78 is 0. The molecule has 5 heteroatoms. The lowest BCUT2D eigenvalue weighted by Gasteiger charge is -2.26. The highest BCUT2D eigenvalue weighted by molar-refractivity contribution is 5.93. The van der Waals surface area contributed by atoms with Crippen LogP contribution in [-0.2, 0) is 13.0 Å². The molecule has 0 saturated heterocycles. The lowest BCUT2D eigenvalue weighted by Crippen LogP contribution is -2.32. The van der Waals surface area contributed by atoms with Crippen molar-refractivity contribution in [3.8, 4) is 0 Å². The van der Waals surface area contributed by atoms with E-state index in [9.17, 15) is 4.79 Å². The van der Waals surface area contributed by atoms with Crippen LogP contribution in [0.25, 0.3) is 0 Å². The second kappa shape index (κ2) is 9.65. The highest BCUT2D eigenvalue weighted by Crippen LogP contribution is 2.15. The molecule has 1 aromatic heterocycles. The first-order valence-corrected chi connectivity index (χ1v) is 9.58. The van der Waals surface area contributed by atoms with Crippen LogP contribution in [0.2, 0.25) is 0 Å². The Kier molecular flexibility index (Phi) is 6.73. The van der Waals surface area contributed by atoms with Crippen LogP contribution in [0.4, 0.5) is 5.95 Å². The summed E-state index contributed by atoms with van der Waals surface area (Å²) in [6.07, 6.45) is 3.99. The first-order valence-electron chi connectivity index (χ1n) is 9.58. The molecule has 0 saturated carbocycles. The van der Waals surface area contributed by atoms with Crippen LogP contribution in [0, 0.1) is 0 Å². The quantitative estimate of drug-likeness (QED) is 0.650. The van der Waals surface area contributed by atoms with Crippen molar-refractivity contribution in [1.29, 1.82) is 0 Å². The molecule has 0 unspecified atom stereocenters. The predicted octanol–water partition coefficient (Wildman–Crippen LogP) is 3.86. The van der Waals surface area contributed by atoms with E-state index in [0.29, 0.717) is 18.1 Å². The molecule has 0 aliphatic heterocycles. The molecule has 0 spiro atoms. The third kappa shape index (κ3) is 5.39. The van der Waals surface area contributed by atoms with Gasteiger partial charge in [0.1, 0.15) is 0 Å². The topological polar surface area (TPSA) is 58.1 Å². The Morgan fingerprint density at radius 3 is 2.07 bits per heavy atom. The number of carbonyl (C=O) groups excluding carboxylic acids is 1. The summed E-state index contributed by atoms with van der Waals surface area (Å²) >= 11 is 0. The largest absolute Gasteiger partial charge is 0.352 e. The van der Waals surface area contributed by atoms with Gasteiger partial charge in [-0.05, 0) is 31.4 Å². The summed E-state index contributed by atoms with van der Waals surface area (Å²) in [5, 5.41) is 2.93. The Morgan fingerprint density at radius 2 is 1.50 bits per heavy atom. The number of amides is 1. The van der Waals surface area contributed by atoms with Crippen molar-refractivity contribution in [2.45, 2.75) is 32.9 Å². The molecular weight excluding hydrogens is 348 g/mol. The molecule has 0 fully saturated rings. The minimum Gasteiger partial charge on any atom is -0.352 e. The van der Waals surface area contributed by atoms with Crippen LogP contribution in [0.15, 0.2) is 73.1 Å². The van der Waals surface area contributed by atoms with Crippen molar-refractivity contribution < 1.29 is 4.79 Å². The molecule has 1 amide bonds. The maximum atomic E-state index is 12.3. The van der Waals surface area contributed by atoms with Crippen molar-refractivity contribution in [2.24, 2.45) is 0 Å². The number of nitrogens with zero attached hydrogens (tertiary/aromatic N) is 3. The number of nitrogens with one attached hydrogen (secondary N) is 1. The molecule has 0 bridgehead atoms. The normalized spacial score (nSPS) is 10.7. The third-order valence-corrected chi connectivity index (χ3v) is 4.52. The lowest BCUT2D eigenvalue weighted by atomic mass is 10.1. The SMILES string of the molecule is CC(C)N(Cc1ccccc1)c1ncc(C(=O)NCCc2ccccc2)cn1. The summed E-state index contributed by atoms with van der Waals surface area (Å²) in [5.41, 5.74) is 2.87. The molecule has 0 aliphatic rings. The minimum atomic E-state index is -0.151. The summed E-state index contributed by atoms with van der Waals surface area (Å²) in [6.45, 7) is 5.52. The highest BCUT2D eigenvalue weighted by atomic mass is 16.1. The first kappa shape index (κ1) is 19.5. The average molecular weight is 374 g/mol. The Balaban J connectivity index is 1.60. The monoisotopic (exact) mass is 374 g/mol. The summed E-state index contributed by atoms with van der Waals surface area (Å²) in [5.74, 6) is 0.473. The van der Waals surface area contributed by atoms with Crippen molar-refractivity contribution in [1.82, 2.24) is 15.3 Å². The Labute approximate surface area is 166 Å². The smallest absolute Gasteiger partial charge is 0.254 e. The fourth-order valence-electron chi connectivity index (χ4n) is 2.92. The van der Waals surface area contributed by atoms with Gasteiger partial charge in [0.05, 0.1) is 5.56 Å². The minimum absolute atomic E-state index is 0.151. The standard InChI is InChI=1S/C23H26N4O/c1-18(2)27(17-20-11-7-4-8-12-20)23-25-15-21(16-26-23)22(28)24-14-13-19-9-5-3-6-10-19/h3-12,15-16,18H,13-14,17H2,1-2H3,(H,24,28). The maximum Gasteiger partial charge on any atom is 0.254 e. The zero-order valence-electron chi connectivity index (χ0n) is 16.4. The maximum absolute atomic E-state index is 12.3. The van der Waals surface area contributed by atoms with Gasteiger partial charge in [-0.1, -0.05) is 60.7 Å². The van der Waals surface area contributed by atoms with Crippen LogP contribution in [0.1, 0.15) is 35.3 Å². The molecule has 28 heavy (non-hydrogen) atoms. The van der Waals surface area contributed by atoms with E-state index in [-0.39, 0.29) is 11.9 Å². The summed E-state index contributed by atoms with van der Waals surface area (Å²) in [6, 6.07) is 20.6. The van der Waals surface area contributed by atoms with Crippen molar-refractivity contribution in [3.05, 3.63) is 89.7 Å². The van der Waals surface area contributed by atoms with Gasteiger partial charge in [-0.2, -0.15) is 0 Å². The van der Waals surface area contributed by atoms with Gasteiger partial charge < -0.3 is 10.2 Å². The van der Waals surface area contributed by atoms with Crippen LogP contribution < -0.4 is 10.2 Å². The van der Waals surface area contributed by atoms with Gasteiger partial charge in [0.25, 0.3) is 5.91 Å². The molecule has 0 radical (unpaired) electrons. The highest BCUT2D eigenvalue weighted by Gasteiger charge is 2.15. The molecule has 0 atom stereocenters. The van der Waals surface area contributed by atoms with Gasteiger partial charge >= 0.3 is 0 Å². The number of hydrogen-bond donors (Lipinski definition) is 1. The number of aromatic nitrogens is 2. The van der Waals surface area contributed by atoms with Crippen molar-refractivity contribution in [3.63, 3.8) is 0 Å². The van der Waals surface area contributed by atoms with E-state index in [4.69, 9.17) is 0 Å². The predicted molar refractivity (Wildman–Crippen MR) is 112 cm³/mol. The molecule has 144 valence electrons. The number of carbonyl (C=O) groups is 1. The summed E-state index contributed by atoms with van der Waals surface area (Å²) in [7, 11) is 0. The Hall–Kier alpha value is -3.21. The number of benzene rings is 2. The summed E-state index contributed by atoms with van der Waals surface area (Å²) in [4.78, 5) is 23.3. The van der Waals surface area contributed by atoms with E-state index < -0.39 is 0 Å². The van der Waals surface area contributed by atoms with E-state index in [1.54, 1.807) is 12.4 Å². The zero-order chi connectivity index (χ0) is 19.8. The molecule has 1 N–H and O–H groups in total. The third-order valence-electron chi connectivity index (χ3n) is 4.52. The molecular formula is C23H26N4O. The second-order valence-corrected chi connectivity index (χ2v) is 6.97. The Bertz CT molecular complexity index is 864. The van der Waals surface area contributed by atoms with E-state index >= 15 is 0 Å². The fourth-order valence-corrected chi connectivity index (χ4v) is 2.92. The molecule has 2 aromatic carbocycles. The fraction of sp³-hybridized carbons (Fsp3) is 0.261. The van der Waals surface area contributed by atoms with Gasteiger partial charge in [0.15, 0.2) is 0 Å². The van der Waals surface area contributed by atoms with Crippen LogP contribution in [0.3, 0.4) is 0 Å². The van der Waals surface area contributed by atoms with Gasteiger partial charge in [-0.15, -0.1) is 0 Å². The lowest BCUT2D eigenvalue weighted by molar-refractivity contribution is 0.0953. The Morgan fingerprint density at radius 1 is 0.929 bits per heavy atom. The van der Waals surface area contributed by atoms with E-state index in [1.807, 2.05) is 36.4 Å². The van der Waals surface area contributed by atoms with Gasteiger partial charge in [-0.25, -0.2) is 9.97 Å². The first-order chi connectivity index (χ1) is 13.6. The molecule has 3 rings (SSSR count). The number of hydrogen-bond acceptors (Lipinski definition) is 4. The molecule has 5 nitrogen and oxygen atoms in total. The van der Waals surface area contributed by atoms with Crippen LogP contribution in [-0.4, -0.2) is 28.5 Å². The van der Waals surface area contributed by atoms with Gasteiger partial charge in [0.2, 0.25) is 5.95 Å². The van der Waals surface area contributed by atoms with E-state index in [0.717, 1.165) is 13.0 Å². The average Bonchev–Trinajstić information content (AvgIpc) is 2.73. The number of anilines is 1. The van der Waals surface area contributed by atoms with E-state index in [2.05, 4.69) is 58.3 Å². The molecule has 1 heterocycles. The van der Waals surface area contributed by atoms with Gasteiger partial charge in [-0.3, -0.25) is 4.79 Å². The van der Waals surface area contributed by atoms with Crippen molar-refractivity contribution >= 4 is 11.9 Å². The second-order valence-electron chi connectivity index (χ2n) is 6.97. The zero-order valence-corrected chi connectivity index (χ0v) is 16.4.